The molecule has 0 amide bonds. The molecule has 7 nitrogen and oxygen atoms in total. The maximum absolute atomic E-state index is 12.4. The van der Waals surface area contributed by atoms with Gasteiger partial charge in [0.1, 0.15) is 19.0 Å². The fourth-order valence-electron chi connectivity index (χ4n) is 3.44. The molecule has 0 saturated carbocycles. The van der Waals surface area contributed by atoms with Crippen LogP contribution in [0.2, 0.25) is 0 Å². The predicted octanol–water partition coefficient (Wildman–Crippen LogP) is 3.96. The highest BCUT2D eigenvalue weighted by molar-refractivity contribution is 5.99. The van der Waals surface area contributed by atoms with Crippen molar-refractivity contribution >= 4 is 17.8 Å². The quantitative estimate of drug-likeness (QED) is 0.326. The van der Waals surface area contributed by atoms with E-state index in [0.29, 0.717) is 36.8 Å². The van der Waals surface area contributed by atoms with Gasteiger partial charge in [-0.15, -0.1) is 0 Å². The lowest BCUT2D eigenvalue weighted by molar-refractivity contribution is -0.136. The Morgan fingerprint density at radius 1 is 1.10 bits per heavy atom. The molecule has 0 spiro atoms. The van der Waals surface area contributed by atoms with E-state index in [0.717, 1.165) is 22.7 Å². The first-order valence-electron chi connectivity index (χ1n) is 9.98. The minimum Gasteiger partial charge on any atom is -0.486 e. The van der Waals surface area contributed by atoms with Gasteiger partial charge >= 0.3 is 5.97 Å². The summed E-state index contributed by atoms with van der Waals surface area (Å²) < 4.78 is 23.6. The second-order valence-electron chi connectivity index (χ2n) is 7.21. The first-order valence-corrected chi connectivity index (χ1v) is 9.98. The number of ether oxygens (including phenoxy) is 3. The van der Waals surface area contributed by atoms with Crippen molar-refractivity contribution in [2.24, 2.45) is 0 Å². The van der Waals surface area contributed by atoms with Crippen LogP contribution in [0, 0.1) is 13.8 Å². The van der Waals surface area contributed by atoms with Crippen molar-refractivity contribution in [2.75, 3.05) is 19.8 Å². The molecule has 31 heavy (non-hydrogen) atoms. The zero-order valence-electron chi connectivity index (χ0n) is 17.4. The number of hydrogen-bond acceptors (Lipinski definition) is 6. The Bertz CT molecular complexity index is 1120. The van der Waals surface area contributed by atoms with Crippen molar-refractivity contribution in [1.29, 1.82) is 0 Å². The van der Waals surface area contributed by atoms with Gasteiger partial charge in [-0.1, -0.05) is 0 Å². The third-order valence-corrected chi connectivity index (χ3v) is 5.12. The van der Waals surface area contributed by atoms with E-state index in [9.17, 15) is 9.59 Å². The Kier molecular flexibility index (Phi) is 5.93. The van der Waals surface area contributed by atoms with Gasteiger partial charge in [0.25, 0.3) is 0 Å². The fourth-order valence-corrected chi connectivity index (χ4v) is 3.44. The Balaban J connectivity index is 1.35. The lowest BCUT2D eigenvalue weighted by atomic mass is 10.1. The molecule has 1 aliphatic rings. The average Bonchev–Trinajstić information content (AvgIpc) is 3.39. The van der Waals surface area contributed by atoms with E-state index in [1.165, 1.54) is 6.08 Å². The Morgan fingerprint density at radius 2 is 1.90 bits per heavy atom. The number of rotatable bonds is 7. The lowest BCUT2D eigenvalue weighted by Crippen LogP contribution is -2.17. The Labute approximate surface area is 179 Å². The van der Waals surface area contributed by atoms with E-state index in [1.54, 1.807) is 30.5 Å². The number of ketones is 1. The van der Waals surface area contributed by atoms with Crippen LogP contribution >= 0.6 is 0 Å². The number of esters is 1. The summed E-state index contributed by atoms with van der Waals surface area (Å²) in [7, 11) is 0. The summed E-state index contributed by atoms with van der Waals surface area (Å²) in [4.78, 5) is 24.5. The van der Waals surface area contributed by atoms with Gasteiger partial charge in [0.15, 0.2) is 23.9 Å². The molecular formula is C24H23NO6. The molecule has 3 aromatic rings. The van der Waals surface area contributed by atoms with E-state index in [1.807, 2.05) is 32.0 Å². The van der Waals surface area contributed by atoms with Crippen LogP contribution in [0.5, 0.6) is 11.5 Å². The van der Waals surface area contributed by atoms with Crippen molar-refractivity contribution in [3.05, 3.63) is 77.0 Å². The normalized spacial score (nSPS) is 12.8. The predicted molar refractivity (Wildman–Crippen MR) is 113 cm³/mol. The van der Waals surface area contributed by atoms with Gasteiger partial charge in [-0.05, 0) is 61.9 Å². The minimum atomic E-state index is -0.582. The van der Waals surface area contributed by atoms with E-state index >= 15 is 0 Å². The van der Waals surface area contributed by atoms with E-state index in [4.69, 9.17) is 18.6 Å². The van der Waals surface area contributed by atoms with Crippen molar-refractivity contribution in [3.63, 3.8) is 0 Å². The molecule has 0 unspecified atom stereocenters. The fraction of sp³-hybridized carbons (Fsp3) is 0.250. The first-order chi connectivity index (χ1) is 15.0. The standard InChI is InChI=1S/C24H23NO6/c1-16-12-18(17(2)25(16)14-20-4-3-9-28-20)6-8-24(27)31-15-21(26)19-5-7-22-23(13-19)30-11-10-29-22/h3-9,12-13H,10-11,14-15H2,1-2H3/b8-6+. The van der Waals surface area contributed by atoms with Gasteiger partial charge < -0.3 is 23.2 Å². The average molecular weight is 421 g/mol. The van der Waals surface area contributed by atoms with Crippen LogP contribution in [0.3, 0.4) is 0 Å². The van der Waals surface area contributed by atoms with Gasteiger partial charge in [0.05, 0.1) is 12.8 Å². The third-order valence-electron chi connectivity index (χ3n) is 5.12. The number of nitrogens with zero attached hydrogens (tertiary/aromatic N) is 1. The number of benzene rings is 1. The zero-order valence-corrected chi connectivity index (χ0v) is 17.4. The Hall–Kier alpha value is -3.74. The first kappa shape index (κ1) is 20.5. The van der Waals surface area contributed by atoms with Crippen LogP contribution in [0.25, 0.3) is 6.08 Å². The Morgan fingerprint density at radius 3 is 2.68 bits per heavy atom. The minimum absolute atomic E-state index is 0.310. The number of aromatic nitrogens is 1. The van der Waals surface area contributed by atoms with Crippen LogP contribution in [0.4, 0.5) is 0 Å². The summed E-state index contributed by atoms with van der Waals surface area (Å²) in [6, 6.07) is 10.7. The number of hydrogen-bond donors (Lipinski definition) is 0. The van der Waals surface area contributed by atoms with Crippen LogP contribution in [-0.2, 0) is 16.1 Å². The highest BCUT2D eigenvalue weighted by Crippen LogP contribution is 2.30. The molecule has 2 aromatic heterocycles. The molecule has 3 heterocycles. The topological polar surface area (TPSA) is 79.9 Å². The third kappa shape index (κ3) is 4.71. The molecule has 160 valence electrons. The highest BCUT2D eigenvalue weighted by Gasteiger charge is 2.16. The second-order valence-corrected chi connectivity index (χ2v) is 7.21. The number of Topliss-reactive ketones (excluding diaryl/α,β-unsaturated/α-hetero) is 1. The van der Waals surface area contributed by atoms with Gasteiger partial charge in [0.2, 0.25) is 0 Å². The van der Waals surface area contributed by atoms with E-state index < -0.39 is 5.97 Å². The van der Waals surface area contributed by atoms with Crippen molar-refractivity contribution < 1.29 is 28.2 Å². The summed E-state index contributed by atoms with van der Waals surface area (Å²) in [5, 5.41) is 0. The molecule has 4 rings (SSSR count). The second kappa shape index (κ2) is 8.95. The van der Waals surface area contributed by atoms with Crippen LogP contribution in [0.1, 0.15) is 33.1 Å². The summed E-state index contributed by atoms with van der Waals surface area (Å²) in [6.07, 6.45) is 4.67. The molecule has 0 fully saturated rings. The number of carbonyl (C=O) groups is 2. The molecule has 0 aliphatic carbocycles. The summed E-state index contributed by atoms with van der Waals surface area (Å²) in [6.45, 7) is 5.17. The highest BCUT2D eigenvalue weighted by atomic mass is 16.6. The van der Waals surface area contributed by atoms with Crippen molar-refractivity contribution in [3.8, 4) is 11.5 Å². The van der Waals surface area contributed by atoms with Crippen LogP contribution in [-0.4, -0.2) is 36.1 Å². The monoisotopic (exact) mass is 421 g/mol. The molecule has 0 atom stereocenters. The molecule has 1 aromatic carbocycles. The summed E-state index contributed by atoms with van der Waals surface area (Å²) in [5.74, 6) is 1.09. The van der Waals surface area contributed by atoms with Crippen LogP contribution < -0.4 is 9.47 Å². The molecule has 0 saturated heterocycles. The van der Waals surface area contributed by atoms with Gasteiger partial charge in [-0.3, -0.25) is 4.79 Å². The largest absolute Gasteiger partial charge is 0.486 e. The van der Waals surface area contributed by atoms with E-state index in [-0.39, 0.29) is 12.4 Å². The number of aryl methyl sites for hydroxylation is 1. The van der Waals surface area contributed by atoms with E-state index in [2.05, 4.69) is 4.57 Å². The van der Waals surface area contributed by atoms with Gasteiger partial charge in [0, 0.05) is 23.0 Å². The summed E-state index contributed by atoms with van der Waals surface area (Å²) in [5.41, 5.74) is 3.36. The number of carbonyl (C=O) groups excluding carboxylic acids is 2. The molecular weight excluding hydrogens is 398 g/mol. The SMILES string of the molecule is Cc1cc(/C=C/C(=O)OCC(=O)c2ccc3c(c2)OCCO3)c(C)n1Cc1ccco1. The molecule has 1 aliphatic heterocycles. The molecule has 0 radical (unpaired) electrons. The lowest BCUT2D eigenvalue weighted by Gasteiger charge is -2.18. The maximum atomic E-state index is 12.4. The molecule has 7 heteroatoms. The molecule has 0 N–H and O–H groups in total. The van der Waals surface area contributed by atoms with Gasteiger partial charge in [-0.2, -0.15) is 0 Å². The molecule has 0 bridgehead atoms. The maximum Gasteiger partial charge on any atom is 0.331 e. The number of furan rings is 1. The van der Waals surface area contributed by atoms with Gasteiger partial charge in [-0.25, -0.2) is 4.79 Å². The van der Waals surface area contributed by atoms with Crippen LogP contribution in [0.15, 0.2) is 53.2 Å². The van der Waals surface area contributed by atoms with Crippen molar-refractivity contribution in [1.82, 2.24) is 4.57 Å². The zero-order chi connectivity index (χ0) is 21.8. The smallest absolute Gasteiger partial charge is 0.331 e. The summed E-state index contributed by atoms with van der Waals surface area (Å²) >= 11 is 0. The number of fused-ring (bicyclic) bond motifs is 1. The van der Waals surface area contributed by atoms with Crippen molar-refractivity contribution in [2.45, 2.75) is 20.4 Å².